The molecule has 0 aliphatic heterocycles. The van der Waals surface area contributed by atoms with Gasteiger partial charge in [0.15, 0.2) is 5.15 Å². The lowest BCUT2D eigenvalue weighted by Gasteiger charge is -2.06. The minimum Gasteiger partial charge on any atom is -0.262 e. The number of benzene rings is 1. The highest BCUT2D eigenvalue weighted by Crippen LogP contribution is 2.29. The zero-order valence-corrected chi connectivity index (χ0v) is 10.2. The fourth-order valence-electron chi connectivity index (χ4n) is 1.63. The van der Waals surface area contributed by atoms with E-state index in [9.17, 15) is 0 Å². The van der Waals surface area contributed by atoms with E-state index >= 15 is 0 Å². The Kier molecular flexibility index (Phi) is 2.89. The van der Waals surface area contributed by atoms with Gasteiger partial charge in [0.25, 0.3) is 0 Å². The second kappa shape index (κ2) is 4.03. The van der Waals surface area contributed by atoms with Crippen molar-refractivity contribution >= 4 is 34.1 Å². The van der Waals surface area contributed by atoms with Crippen molar-refractivity contribution in [2.75, 3.05) is 0 Å². The maximum Gasteiger partial charge on any atom is 0.158 e. The van der Waals surface area contributed by atoms with Gasteiger partial charge in [0.1, 0.15) is 0 Å². The maximum atomic E-state index is 6.14. The zero-order chi connectivity index (χ0) is 11.0. The standard InChI is InChI=1S/C11H12Cl2N2/c1-7(2)6-15-10-8(11(13)14-15)4-3-5-9(10)12/h3-5,7H,6H2,1-2H3. The van der Waals surface area contributed by atoms with E-state index in [0.29, 0.717) is 16.1 Å². The Balaban J connectivity index is 2.65. The molecule has 0 bridgehead atoms. The Bertz CT molecular complexity index is 489. The summed E-state index contributed by atoms with van der Waals surface area (Å²) in [6, 6.07) is 5.68. The maximum absolute atomic E-state index is 6.14. The number of hydrogen-bond donors (Lipinski definition) is 0. The molecule has 15 heavy (non-hydrogen) atoms. The molecule has 0 N–H and O–H groups in total. The van der Waals surface area contributed by atoms with Crippen LogP contribution in [-0.2, 0) is 6.54 Å². The van der Waals surface area contributed by atoms with Crippen LogP contribution in [0.3, 0.4) is 0 Å². The summed E-state index contributed by atoms with van der Waals surface area (Å²) < 4.78 is 1.88. The van der Waals surface area contributed by atoms with E-state index < -0.39 is 0 Å². The highest BCUT2D eigenvalue weighted by Gasteiger charge is 2.12. The summed E-state index contributed by atoms with van der Waals surface area (Å²) in [4.78, 5) is 0. The fourth-order valence-corrected chi connectivity index (χ4v) is 2.15. The van der Waals surface area contributed by atoms with Crippen molar-refractivity contribution in [3.8, 4) is 0 Å². The number of fused-ring (bicyclic) bond motifs is 1. The van der Waals surface area contributed by atoms with Crippen molar-refractivity contribution in [2.24, 2.45) is 5.92 Å². The average Bonchev–Trinajstić information content (AvgIpc) is 2.44. The summed E-state index contributed by atoms with van der Waals surface area (Å²) in [5.74, 6) is 0.514. The molecule has 80 valence electrons. The molecule has 1 aromatic heterocycles. The molecule has 1 aromatic carbocycles. The molecule has 0 amide bonds. The monoisotopic (exact) mass is 242 g/mol. The summed E-state index contributed by atoms with van der Waals surface area (Å²) >= 11 is 12.2. The summed E-state index contributed by atoms with van der Waals surface area (Å²) in [5, 5.41) is 6.43. The highest BCUT2D eigenvalue weighted by atomic mass is 35.5. The minimum absolute atomic E-state index is 0.514. The summed E-state index contributed by atoms with van der Waals surface area (Å²) in [5.41, 5.74) is 0.929. The van der Waals surface area contributed by atoms with Crippen LogP contribution < -0.4 is 0 Å². The van der Waals surface area contributed by atoms with Crippen LogP contribution in [0.2, 0.25) is 10.2 Å². The van der Waals surface area contributed by atoms with E-state index in [1.807, 2.05) is 22.9 Å². The van der Waals surface area contributed by atoms with Crippen molar-refractivity contribution in [3.05, 3.63) is 28.4 Å². The highest BCUT2D eigenvalue weighted by molar-refractivity contribution is 6.38. The summed E-state index contributed by atoms with van der Waals surface area (Å²) in [6.45, 7) is 5.10. The molecule has 1 heterocycles. The van der Waals surface area contributed by atoms with Crippen molar-refractivity contribution in [1.29, 1.82) is 0 Å². The normalized spacial score (nSPS) is 11.5. The van der Waals surface area contributed by atoms with Crippen LogP contribution >= 0.6 is 23.2 Å². The van der Waals surface area contributed by atoms with Gasteiger partial charge in [-0.2, -0.15) is 5.10 Å². The van der Waals surface area contributed by atoms with Crippen LogP contribution in [0.15, 0.2) is 18.2 Å². The van der Waals surface area contributed by atoms with Gasteiger partial charge in [-0.15, -0.1) is 0 Å². The lowest BCUT2D eigenvalue weighted by Crippen LogP contribution is -2.05. The van der Waals surface area contributed by atoms with Gasteiger partial charge in [0.2, 0.25) is 0 Å². The van der Waals surface area contributed by atoms with Crippen LogP contribution in [0.1, 0.15) is 13.8 Å². The van der Waals surface area contributed by atoms with Crippen molar-refractivity contribution in [1.82, 2.24) is 9.78 Å². The number of nitrogens with zero attached hydrogens (tertiary/aromatic N) is 2. The van der Waals surface area contributed by atoms with E-state index in [4.69, 9.17) is 23.2 Å². The third-order valence-electron chi connectivity index (χ3n) is 2.21. The number of rotatable bonds is 2. The molecule has 4 heteroatoms. The predicted octanol–water partition coefficient (Wildman–Crippen LogP) is 4.00. The van der Waals surface area contributed by atoms with Crippen molar-refractivity contribution < 1.29 is 0 Å². The molecular formula is C11H12Cl2N2. The first-order valence-electron chi connectivity index (χ1n) is 4.90. The van der Waals surface area contributed by atoms with Gasteiger partial charge in [-0.25, -0.2) is 0 Å². The molecule has 0 radical (unpaired) electrons. The first-order valence-corrected chi connectivity index (χ1v) is 5.65. The number of halogens is 2. The van der Waals surface area contributed by atoms with Gasteiger partial charge >= 0.3 is 0 Å². The fraction of sp³-hybridized carbons (Fsp3) is 0.364. The molecule has 0 atom stereocenters. The molecule has 2 nitrogen and oxygen atoms in total. The minimum atomic E-state index is 0.514. The smallest absolute Gasteiger partial charge is 0.158 e. The van der Waals surface area contributed by atoms with Gasteiger partial charge in [-0.1, -0.05) is 43.1 Å². The van der Waals surface area contributed by atoms with Crippen LogP contribution in [0, 0.1) is 5.92 Å². The summed E-state index contributed by atoms with van der Waals surface area (Å²) in [7, 11) is 0. The van der Waals surface area contributed by atoms with E-state index in [2.05, 4.69) is 18.9 Å². The van der Waals surface area contributed by atoms with Crippen molar-refractivity contribution in [3.63, 3.8) is 0 Å². The Morgan fingerprint density at radius 2 is 2.07 bits per heavy atom. The van der Waals surface area contributed by atoms with Gasteiger partial charge in [-0.3, -0.25) is 4.68 Å². The molecule has 0 aliphatic carbocycles. The lowest BCUT2D eigenvalue weighted by atomic mass is 10.2. The van der Waals surface area contributed by atoms with Crippen LogP contribution in [0.25, 0.3) is 10.9 Å². The molecule has 0 aliphatic rings. The average molecular weight is 243 g/mol. The van der Waals surface area contributed by atoms with Crippen LogP contribution in [0.4, 0.5) is 0 Å². The first-order chi connectivity index (χ1) is 7.09. The molecule has 0 saturated carbocycles. The van der Waals surface area contributed by atoms with Gasteiger partial charge in [0, 0.05) is 11.9 Å². The SMILES string of the molecule is CC(C)Cn1nc(Cl)c2cccc(Cl)c21. The molecule has 0 spiro atoms. The van der Waals surface area contributed by atoms with Crippen molar-refractivity contribution in [2.45, 2.75) is 20.4 Å². The third-order valence-corrected chi connectivity index (χ3v) is 2.80. The van der Waals surface area contributed by atoms with Gasteiger partial charge in [-0.05, 0) is 18.1 Å². The Hall–Kier alpha value is -0.730. The van der Waals surface area contributed by atoms with Gasteiger partial charge < -0.3 is 0 Å². The molecule has 0 fully saturated rings. The number of aromatic nitrogens is 2. The van der Waals surface area contributed by atoms with Crippen LogP contribution in [0.5, 0.6) is 0 Å². The topological polar surface area (TPSA) is 17.8 Å². The Morgan fingerprint density at radius 3 is 2.73 bits per heavy atom. The number of hydrogen-bond acceptors (Lipinski definition) is 1. The molecule has 0 unspecified atom stereocenters. The second-order valence-corrected chi connectivity index (χ2v) is 4.77. The molecule has 2 rings (SSSR count). The Labute approximate surface area is 98.8 Å². The molecule has 0 saturated heterocycles. The predicted molar refractivity (Wildman–Crippen MR) is 64.6 cm³/mol. The van der Waals surface area contributed by atoms with E-state index in [0.717, 1.165) is 17.4 Å². The van der Waals surface area contributed by atoms with Gasteiger partial charge in [0.05, 0.1) is 10.5 Å². The van der Waals surface area contributed by atoms with E-state index in [-0.39, 0.29) is 0 Å². The molecular weight excluding hydrogens is 231 g/mol. The second-order valence-electron chi connectivity index (χ2n) is 4.00. The molecule has 2 aromatic rings. The number of para-hydroxylation sites is 1. The first kappa shape index (κ1) is 10.8. The van der Waals surface area contributed by atoms with E-state index in [1.165, 1.54) is 0 Å². The Morgan fingerprint density at radius 1 is 1.33 bits per heavy atom. The summed E-state index contributed by atoms with van der Waals surface area (Å²) in [6.07, 6.45) is 0. The largest absolute Gasteiger partial charge is 0.262 e. The lowest BCUT2D eigenvalue weighted by molar-refractivity contribution is 0.495. The van der Waals surface area contributed by atoms with Crippen LogP contribution in [-0.4, -0.2) is 9.78 Å². The third kappa shape index (κ3) is 1.97. The zero-order valence-electron chi connectivity index (χ0n) is 8.67. The van der Waals surface area contributed by atoms with E-state index in [1.54, 1.807) is 0 Å². The quantitative estimate of drug-likeness (QED) is 0.779.